The minimum Gasteiger partial charge on any atom is -0.396 e. The number of benzene rings is 1. The molecule has 2 rings (SSSR count). The zero-order valence-electron chi connectivity index (χ0n) is 9.67. The van der Waals surface area contributed by atoms with Gasteiger partial charge in [0.1, 0.15) is 5.82 Å². The third kappa shape index (κ3) is 2.26. The van der Waals surface area contributed by atoms with Crippen LogP contribution in [0.1, 0.15) is 17.0 Å². The summed E-state index contributed by atoms with van der Waals surface area (Å²) >= 11 is 5.70. The van der Waals surface area contributed by atoms with E-state index in [0.717, 1.165) is 11.4 Å². The fourth-order valence-electron chi connectivity index (χ4n) is 1.68. The number of aromatic nitrogens is 2. The van der Waals surface area contributed by atoms with Crippen molar-refractivity contribution in [3.63, 3.8) is 0 Å². The second-order valence-corrected chi connectivity index (χ2v) is 4.41. The highest BCUT2D eigenvalue weighted by molar-refractivity contribution is 6.30. The van der Waals surface area contributed by atoms with E-state index in [1.807, 2.05) is 13.8 Å². The highest BCUT2D eigenvalue weighted by atomic mass is 35.5. The smallest absolute Gasteiger partial charge is 0.129 e. The van der Waals surface area contributed by atoms with Crippen molar-refractivity contribution < 1.29 is 4.39 Å². The number of rotatable bonds is 2. The Morgan fingerprint density at radius 1 is 1.41 bits per heavy atom. The molecule has 0 saturated carbocycles. The maximum atomic E-state index is 13.6. The van der Waals surface area contributed by atoms with E-state index < -0.39 is 0 Å². The van der Waals surface area contributed by atoms with Gasteiger partial charge in [0.25, 0.3) is 0 Å². The lowest BCUT2D eigenvalue weighted by atomic mass is 10.2. The minimum atomic E-state index is -0.330. The molecule has 0 radical (unpaired) electrons. The molecule has 0 amide bonds. The first kappa shape index (κ1) is 11.9. The van der Waals surface area contributed by atoms with Gasteiger partial charge in [0, 0.05) is 10.6 Å². The van der Waals surface area contributed by atoms with Crippen LogP contribution in [0.5, 0.6) is 0 Å². The van der Waals surface area contributed by atoms with Crippen molar-refractivity contribution in [1.82, 2.24) is 9.78 Å². The zero-order chi connectivity index (χ0) is 12.6. The molecular formula is C12H13ClFN3. The van der Waals surface area contributed by atoms with Crippen molar-refractivity contribution in [1.29, 1.82) is 0 Å². The predicted octanol–water partition coefficient (Wildman–Crippen LogP) is 2.92. The largest absolute Gasteiger partial charge is 0.396 e. The molecule has 1 aromatic carbocycles. The Morgan fingerprint density at radius 2 is 2.12 bits per heavy atom. The van der Waals surface area contributed by atoms with Gasteiger partial charge < -0.3 is 5.73 Å². The van der Waals surface area contributed by atoms with Crippen LogP contribution in [0.15, 0.2) is 18.2 Å². The van der Waals surface area contributed by atoms with Crippen LogP contribution in [0.2, 0.25) is 5.02 Å². The SMILES string of the molecule is Cc1nn(Cc2ccc(Cl)cc2F)c(C)c1N. The zero-order valence-corrected chi connectivity index (χ0v) is 10.4. The molecule has 2 N–H and O–H groups in total. The summed E-state index contributed by atoms with van der Waals surface area (Å²) in [6.45, 7) is 4.05. The summed E-state index contributed by atoms with van der Waals surface area (Å²) < 4.78 is 15.3. The lowest BCUT2D eigenvalue weighted by molar-refractivity contribution is 0.579. The normalized spacial score (nSPS) is 10.8. The van der Waals surface area contributed by atoms with E-state index in [2.05, 4.69) is 5.10 Å². The summed E-state index contributed by atoms with van der Waals surface area (Å²) in [5, 5.41) is 4.65. The second kappa shape index (κ2) is 4.37. The molecule has 5 heteroatoms. The van der Waals surface area contributed by atoms with Crippen LogP contribution in [0.25, 0.3) is 0 Å². The van der Waals surface area contributed by atoms with Gasteiger partial charge in [0.05, 0.1) is 23.6 Å². The topological polar surface area (TPSA) is 43.8 Å². The Hall–Kier alpha value is -1.55. The van der Waals surface area contributed by atoms with Crippen molar-refractivity contribution in [3.8, 4) is 0 Å². The molecule has 17 heavy (non-hydrogen) atoms. The molecule has 2 aromatic rings. The molecule has 90 valence electrons. The number of hydrogen-bond acceptors (Lipinski definition) is 2. The second-order valence-electron chi connectivity index (χ2n) is 3.98. The monoisotopic (exact) mass is 253 g/mol. The van der Waals surface area contributed by atoms with E-state index in [1.165, 1.54) is 6.07 Å². The molecule has 0 aliphatic carbocycles. The number of nitrogens with zero attached hydrogens (tertiary/aromatic N) is 2. The molecule has 0 bridgehead atoms. The van der Waals surface area contributed by atoms with E-state index in [9.17, 15) is 4.39 Å². The van der Waals surface area contributed by atoms with Crippen LogP contribution >= 0.6 is 11.6 Å². The van der Waals surface area contributed by atoms with E-state index in [1.54, 1.807) is 16.8 Å². The fourth-order valence-corrected chi connectivity index (χ4v) is 1.83. The molecule has 0 aliphatic heterocycles. The Balaban J connectivity index is 2.34. The maximum Gasteiger partial charge on any atom is 0.129 e. The van der Waals surface area contributed by atoms with Crippen LogP contribution in [-0.2, 0) is 6.54 Å². The van der Waals surface area contributed by atoms with Crippen molar-refractivity contribution >= 4 is 17.3 Å². The van der Waals surface area contributed by atoms with E-state index in [0.29, 0.717) is 22.8 Å². The Kier molecular flexibility index (Phi) is 3.07. The quantitative estimate of drug-likeness (QED) is 0.894. The predicted molar refractivity (Wildman–Crippen MR) is 66.6 cm³/mol. The van der Waals surface area contributed by atoms with Crippen LogP contribution in [0, 0.1) is 19.7 Å². The molecule has 0 saturated heterocycles. The van der Waals surface area contributed by atoms with E-state index >= 15 is 0 Å². The van der Waals surface area contributed by atoms with E-state index in [-0.39, 0.29) is 5.82 Å². The maximum absolute atomic E-state index is 13.6. The summed E-state index contributed by atoms with van der Waals surface area (Å²) in [6.07, 6.45) is 0. The molecule has 3 nitrogen and oxygen atoms in total. The number of nitrogen functional groups attached to an aromatic ring is 1. The Bertz CT molecular complexity index is 563. The summed E-state index contributed by atoms with van der Waals surface area (Å²) in [5.74, 6) is -0.330. The third-order valence-electron chi connectivity index (χ3n) is 2.77. The molecule has 0 fully saturated rings. The van der Waals surface area contributed by atoms with Gasteiger partial charge in [-0.2, -0.15) is 5.10 Å². The van der Waals surface area contributed by atoms with Crippen molar-refractivity contribution in [2.75, 3.05) is 5.73 Å². The van der Waals surface area contributed by atoms with Crippen LogP contribution in [0.3, 0.4) is 0 Å². The first-order valence-corrected chi connectivity index (χ1v) is 5.60. The fraction of sp³-hybridized carbons (Fsp3) is 0.250. The van der Waals surface area contributed by atoms with Gasteiger partial charge in [-0.1, -0.05) is 17.7 Å². The molecule has 0 unspecified atom stereocenters. The molecule has 1 heterocycles. The number of anilines is 1. The van der Waals surface area contributed by atoms with Gasteiger partial charge in [-0.25, -0.2) is 4.39 Å². The minimum absolute atomic E-state index is 0.330. The van der Waals surface area contributed by atoms with Gasteiger partial charge in [0.15, 0.2) is 0 Å². The van der Waals surface area contributed by atoms with Gasteiger partial charge >= 0.3 is 0 Å². The number of halogens is 2. The lowest BCUT2D eigenvalue weighted by Gasteiger charge is -2.06. The molecule has 0 spiro atoms. The molecule has 1 aromatic heterocycles. The Labute approximate surface area is 104 Å². The average molecular weight is 254 g/mol. The lowest BCUT2D eigenvalue weighted by Crippen LogP contribution is -2.06. The first-order valence-electron chi connectivity index (χ1n) is 5.22. The van der Waals surface area contributed by atoms with Crippen molar-refractivity contribution in [2.45, 2.75) is 20.4 Å². The standard InChI is InChI=1S/C12H13ClFN3/c1-7-12(15)8(2)17(16-7)6-9-3-4-10(13)5-11(9)14/h3-5H,6,15H2,1-2H3. The van der Waals surface area contributed by atoms with Gasteiger partial charge in [-0.05, 0) is 26.0 Å². The van der Waals surface area contributed by atoms with Crippen molar-refractivity contribution in [3.05, 3.63) is 46.0 Å². The summed E-state index contributed by atoms with van der Waals surface area (Å²) in [6, 6.07) is 4.62. The van der Waals surface area contributed by atoms with Gasteiger partial charge in [-0.3, -0.25) is 4.68 Å². The molecule has 0 aliphatic rings. The number of aryl methyl sites for hydroxylation is 1. The van der Waals surface area contributed by atoms with Crippen LogP contribution in [0.4, 0.5) is 10.1 Å². The van der Waals surface area contributed by atoms with Gasteiger partial charge in [0.2, 0.25) is 0 Å². The first-order chi connectivity index (χ1) is 7.99. The summed E-state index contributed by atoms with van der Waals surface area (Å²) in [4.78, 5) is 0. The van der Waals surface area contributed by atoms with E-state index in [4.69, 9.17) is 17.3 Å². The van der Waals surface area contributed by atoms with Crippen molar-refractivity contribution in [2.24, 2.45) is 0 Å². The highest BCUT2D eigenvalue weighted by Crippen LogP contribution is 2.19. The van der Waals surface area contributed by atoms with Crippen LogP contribution in [-0.4, -0.2) is 9.78 Å². The highest BCUT2D eigenvalue weighted by Gasteiger charge is 2.10. The summed E-state index contributed by atoms with van der Waals surface area (Å²) in [5.41, 5.74) is 8.62. The third-order valence-corrected chi connectivity index (χ3v) is 3.01. The Morgan fingerprint density at radius 3 is 2.65 bits per heavy atom. The molecule has 0 atom stereocenters. The summed E-state index contributed by atoms with van der Waals surface area (Å²) in [7, 11) is 0. The number of hydrogen-bond donors (Lipinski definition) is 1. The average Bonchev–Trinajstić information content (AvgIpc) is 2.50. The number of nitrogens with two attached hydrogens (primary N) is 1. The van der Waals surface area contributed by atoms with Gasteiger partial charge in [-0.15, -0.1) is 0 Å². The van der Waals surface area contributed by atoms with Crippen LogP contribution < -0.4 is 5.73 Å². The molecular weight excluding hydrogens is 241 g/mol.